The highest BCUT2D eigenvalue weighted by Gasteiger charge is 2.18. The van der Waals surface area contributed by atoms with Crippen LogP contribution in [0.4, 0.5) is 11.4 Å². The SMILES string of the molecule is COc1ccccc1NS(=O)(=O)c1cccc(C(=O)Nc2ccc(Cn3ccnc3C)cc2)c1. The summed E-state index contributed by atoms with van der Waals surface area (Å²) >= 11 is 0. The first-order chi connectivity index (χ1) is 16.4. The Labute approximate surface area is 198 Å². The van der Waals surface area contributed by atoms with Crippen LogP contribution in [0.25, 0.3) is 0 Å². The number of imidazole rings is 1. The first-order valence-corrected chi connectivity index (χ1v) is 12.0. The molecule has 174 valence electrons. The van der Waals surface area contributed by atoms with Crippen molar-refractivity contribution in [2.45, 2.75) is 18.4 Å². The van der Waals surface area contributed by atoms with Crippen LogP contribution in [0.1, 0.15) is 21.7 Å². The largest absolute Gasteiger partial charge is 0.495 e. The Balaban J connectivity index is 1.47. The second-order valence-corrected chi connectivity index (χ2v) is 9.27. The smallest absolute Gasteiger partial charge is 0.262 e. The standard InChI is InChI=1S/C25H24N4O4S/c1-18-26-14-15-29(18)17-19-10-12-21(13-11-19)27-25(30)20-6-5-7-22(16-20)34(31,32)28-23-8-3-4-9-24(23)33-2/h3-16,28H,17H2,1-2H3,(H,27,30). The van der Waals surface area contributed by atoms with Gasteiger partial charge < -0.3 is 14.6 Å². The number of nitrogens with zero attached hydrogens (tertiary/aromatic N) is 2. The third-order valence-electron chi connectivity index (χ3n) is 5.25. The lowest BCUT2D eigenvalue weighted by molar-refractivity contribution is 0.102. The molecule has 1 heterocycles. The van der Waals surface area contributed by atoms with Crippen LogP contribution in [0.15, 0.2) is 90.1 Å². The molecule has 34 heavy (non-hydrogen) atoms. The molecule has 0 atom stereocenters. The number of benzene rings is 3. The van der Waals surface area contributed by atoms with Gasteiger partial charge in [0.25, 0.3) is 15.9 Å². The molecule has 0 aliphatic heterocycles. The molecule has 0 saturated carbocycles. The van der Waals surface area contributed by atoms with Gasteiger partial charge in [0, 0.05) is 30.2 Å². The Kier molecular flexibility index (Phi) is 6.65. The Morgan fingerprint density at radius 2 is 1.79 bits per heavy atom. The van der Waals surface area contributed by atoms with Gasteiger partial charge in [0.05, 0.1) is 17.7 Å². The molecular formula is C25H24N4O4S. The average Bonchev–Trinajstić information content (AvgIpc) is 3.24. The zero-order chi connectivity index (χ0) is 24.1. The molecule has 0 radical (unpaired) electrons. The predicted molar refractivity (Wildman–Crippen MR) is 131 cm³/mol. The van der Waals surface area contributed by atoms with E-state index >= 15 is 0 Å². The number of ether oxygens (including phenoxy) is 1. The number of aromatic nitrogens is 2. The van der Waals surface area contributed by atoms with E-state index in [4.69, 9.17) is 4.74 Å². The van der Waals surface area contributed by atoms with Crippen molar-refractivity contribution in [2.75, 3.05) is 17.1 Å². The molecule has 4 rings (SSSR count). The maximum absolute atomic E-state index is 12.9. The summed E-state index contributed by atoms with van der Waals surface area (Å²) < 4.78 is 35.5. The van der Waals surface area contributed by atoms with Crippen LogP contribution in [0.2, 0.25) is 0 Å². The number of hydrogen-bond donors (Lipinski definition) is 2. The van der Waals surface area contributed by atoms with Crippen LogP contribution in [0.5, 0.6) is 5.75 Å². The minimum absolute atomic E-state index is 0.0305. The van der Waals surface area contributed by atoms with Crippen molar-refractivity contribution < 1.29 is 17.9 Å². The van der Waals surface area contributed by atoms with Gasteiger partial charge in [-0.25, -0.2) is 13.4 Å². The third kappa shape index (κ3) is 5.26. The minimum Gasteiger partial charge on any atom is -0.495 e. The summed E-state index contributed by atoms with van der Waals surface area (Å²) in [4.78, 5) is 17.0. The van der Waals surface area contributed by atoms with Crippen LogP contribution in [-0.2, 0) is 16.6 Å². The van der Waals surface area contributed by atoms with Gasteiger partial charge >= 0.3 is 0 Å². The number of hydrogen-bond acceptors (Lipinski definition) is 5. The van der Waals surface area contributed by atoms with Gasteiger partial charge in [0.1, 0.15) is 11.6 Å². The summed E-state index contributed by atoms with van der Waals surface area (Å²) in [7, 11) is -2.46. The molecule has 0 spiro atoms. The molecule has 1 amide bonds. The highest BCUT2D eigenvalue weighted by atomic mass is 32.2. The van der Waals surface area contributed by atoms with Crippen LogP contribution in [-0.4, -0.2) is 31.0 Å². The van der Waals surface area contributed by atoms with E-state index in [2.05, 4.69) is 15.0 Å². The second kappa shape index (κ2) is 9.80. The molecule has 3 aromatic carbocycles. The summed E-state index contributed by atoms with van der Waals surface area (Å²) in [5.41, 5.74) is 2.21. The lowest BCUT2D eigenvalue weighted by Gasteiger charge is -2.12. The maximum atomic E-state index is 12.9. The van der Waals surface area contributed by atoms with Gasteiger partial charge in [-0.3, -0.25) is 9.52 Å². The summed E-state index contributed by atoms with van der Waals surface area (Å²) in [6.45, 7) is 2.62. The van der Waals surface area contributed by atoms with Crippen molar-refractivity contribution >= 4 is 27.3 Å². The van der Waals surface area contributed by atoms with E-state index in [9.17, 15) is 13.2 Å². The number of nitrogens with one attached hydrogen (secondary N) is 2. The normalized spacial score (nSPS) is 11.1. The number of para-hydroxylation sites is 2. The van der Waals surface area contributed by atoms with Gasteiger partial charge in [-0.05, 0) is 55.0 Å². The summed E-state index contributed by atoms with van der Waals surface area (Å²) in [5, 5.41) is 2.81. The number of amides is 1. The summed E-state index contributed by atoms with van der Waals surface area (Å²) in [6, 6.07) is 20.0. The molecule has 0 bridgehead atoms. The van der Waals surface area contributed by atoms with E-state index in [0.717, 1.165) is 11.4 Å². The summed E-state index contributed by atoms with van der Waals surface area (Å²) in [5.74, 6) is 0.909. The summed E-state index contributed by atoms with van der Waals surface area (Å²) in [6.07, 6.45) is 3.67. The van der Waals surface area contributed by atoms with E-state index in [1.807, 2.05) is 42.0 Å². The van der Waals surface area contributed by atoms with Crippen molar-refractivity contribution in [3.8, 4) is 5.75 Å². The van der Waals surface area contributed by atoms with Crippen LogP contribution in [0.3, 0.4) is 0 Å². The lowest BCUT2D eigenvalue weighted by Crippen LogP contribution is -2.16. The number of carbonyl (C=O) groups is 1. The Bertz CT molecular complexity index is 1410. The fourth-order valence-corrected chi connectivity index (χ4v) is 4.52. The van der Waals surface area contributed by atoms with E-state index in [1.165, 1.54) is 25.3 Å². The quantitative estimate of drug-likeness (QED) is 0.395. The van der Waals surface area contributed by atoms with Crippen molar-refractivity contribution in [1.82, 2.24) is 9.55 Å². The van der Waals surface area contributed by atoms with Crippen LogP contribution in [0, 0.1) is 6.92 Å². The Morgan fingerprint density at radius 1 is 1.03 bits per heavy atom. The third-order valence-corrected chi connectivity index (χ3v) is 6.61. The number of rotatable bonds is 8. The fourth-order valence-electron chi connectivity index (χ4n) is 3.40. The zero-order valence-electron chi connectivity index (χ0n) is 18.7. The number of anilines is 2. The molecule has 9 heteroatoms. The van der Waals surface area contributed by atoms with Gasteiger partial charge in [0.2, 0.25) is 0 Å². The zero-order valence-corrected chi connectivity index (χ0v) is 19.5. The van der Waals surface area contributed by atoms with E-state index in [0.29, 0.717) is 23.7 Å². The molecule has 0 unspecified atom stereocenters. The van der Waals surface area contributed by atoms with Crippen LogP contribution >= 0.6 is 0 Å². The minimum atomic E-state index is -3.93. The number of carbonyl (C=O) groups excluding carboxylic acids is 1. The molecule has 2 N–H and O–H groups in total. The first kappa shape index (κ1) is 23.1. The number of sulfonamides is 1. The fraction of sp³-hybridized carbons (Fsp3) is 0.120. The van der Waals surface area contributed by atoms with E-state index in [-0.39, 0.29) is 10.5 Å². The average molecular weight is 477 g/mol. The molecule has 8 nitrogen and oxygen atoms in total. The van der Waals surface area contributed by atoms with Gasteiger partial charge in [-0.1, -0.05) is 30.3 Å². The number of aryl methyl sites for hydroxylation is 1. The topological polar surface area (TPSA) is 102 Å². The molecule has 0 fully saturated rings. The first-order valence-electron chi connectivity index (χ1n) is 10.5. The molecule has 0 aliphatic carbocycles. The molecule has 0 saturated heterocycles. The number of methoxy groups -OCH3 is 1. The van der Waals surface area contributed by atoms with Crippen molar-refractivity contribution in [1.29, 1.82) is 0 Å². The predicted octanol–water partition coefficient (Wildman–Crippen LogP) is 4.30. The van der Waals surface area contributed by atoms with Crippen molar-refractivity contribution in [3.05, 3.63) is 102 Å². The van der Waals surface area contributed by atoms with E-state index < -0.39 is 15.9 Å². The lowest BCUT2D eigenvalue weighted by atomic mass is 10.2. The van der Waals surface area contributed by atoms with Gasteiger partial charge in [-0.15, -0.1) is 0 Å². The monoisotopic (exact) mass is 476 g/mol. The highest BCUT2D eigenvalue weighted by molar-refractivity contribution is 7.92. The highest BCUT2D eigenvalue weighted by Crippen LogP contribution is 2.26. The molecule has 0 aliphatic rings. The maximum Gasteiger partial charge on any atom is 0.262 e. The van der Waals surface area contributed by atoms with Crippen molar-refractivity contribution in [3.63, 3.8) is 0 Å². The van der Waals surface area contributed by atoms with Crippen LogP contribution < -0.4 is 14.8 Å². The van der Waals surface area contributed by atoms with E-state index in [1.54, 1.807) is 36.5 Å². The Morgan fingerprint density at radius 3 is 2.50 bits per heavy atom. The second-order valence-electron chi connectivity index (χ2n) is 7.59. The van der Waals surface area contributed by atoms with Crippen molar-refractivity contribution in [2.24, 2.45) is 0 Å². The molecule has 1 aromatic heterocycles. The van der Waals surface area contributed by atoms with Gasteiger partial charge in [0.15, 0.2) is 0 Å². The van der Waals surface area contributed by atoms with Gasteiger partial charge in [-0.2, -0.15) is 0 Å². The Hall–Kier alpha value is -4.11. The molecule has 4 aromatic rings. The molecular weight excluding hydrogens is 452 g/mol.